The van der Waals surface area contributed by atoms with Crippen LogP contribution in [-0.2, 0) is 13.2 Å². The summed E-state index contributed by atoms with van der Waals surface area (Å²) in [4.78, 5) is 0. The van der Waals surface area contributed by atoms with Crippen molar-refractivity contribution in [1.82, 2.24) is 0 Å². The maximum absolute atomic E-state index is 6.13. The summed E-state index contributed by atoms with van der Waals surface area (Å²) >= 11 is 9.59. The first-order valence-electron chi connectivity index (χ1n) is 8.71. The van der Waals surface area contributed by atoms with Gasteiger partial charge in [-0.05, 0) is 54.1 Å². The van der Waals surface area contributed by atoms with Gasteiger partial charge in [-0.2, -0.15) is 0 Å². The van der Waals surface area contributed by atoms with E-state index >= 15 is 0 Å². The third kappa shape index (κ3) is 5.12. The Morgan fingerprint density at radius 3 is 2.25 bits per heavy atom. The minimum Gasteiger partial charge on any atom is -0.497 e. The molecule has 0 fully saturated rings. The SMILES string of the molecule is COc1ccc(NCc2c(Br)ccc(OC)c2OCc2ccc(Cl)cc2)cc1. The molecule has 0 amide bonds. The number of halogens is 2. The Balaban J connectivity index is 1.79. The number of hydrogen-bond acceptors (Lipinski definition) is 4. The van der Waals surface area contributed by atoms with Gasteiger partial charge in [-0.15, -0.1) is 0 Å². The Morgan fingerprint density at radius 1 is 0.893 bits per heavy atom. The zero-order valence-electron chi connectivity index (χ0n) is 15.7. The van der Waals surface area contributed by atoms with Crippen LogP contribution < -0.4 is 19.5 Å². The topological polar surface area (TPSA) is 39.7 Å². The predicted molar refractivity (Wildman–Crippen MR) is 117 cm³/mol. The van der Waals surface area contributed by atoms with Gasteiger partial charge in [-0.1, -0.05) is 39.7 Å². The Morgan fingerprint density at radius 2 is 1.61 bits per heavy atom. The van der Waals surface area contributed by atoms with Crippen LogP contribution >= 0.6 is 27.5 Å². The highest BCUT2D eigenvalue weighted by molar-refractivity contribution is 9.10. The van der Waals surface area contributed by atoms with Crippen LogP contribution in [0.2, 0.25) is 5.02 Å². The summed E-state index contributed by atoms with van der Waals surface area (Å²) in [5.74, 6) is 2.21. The van der Waals surface area contributed by atoms with E-state index in [0.29, 0.717) is 29.7 Å². The van der Waals surface area contributed by atoms with Crippen LogP contribution in [0.3, 0.4) is 0 Å². The molecule has 6 heteroatoms. The largest absolute Gasteiger partial charge is 0.497 e. The number of hydrogen-bond donors (Lipinski definition) is 1. The summed E-state index contributed by atoms with van der Waals surface area (Å²) in [6.07, 6.45) is 0. The smallest absolute Gasteiger partial charge is 0.167 e. The van der Waals surface area contributed by atoms with Crippen molar-refractivity contribution in [2.75, 3.05) is 19.5 Å². The average Bonchev–Trinajstić information content (AvgIpc) is 2.73. The van der Waals surface area contributed by atoms with E-state index in [-0.39, 0.29) is 0 Å². The molecule has 0 saturated heterocycles. The van der Waals surface area contributed by atoms with Gasteiger partial charge in [0.1, 0.15) is 12.4 Å². The minimum absolute atomic E-state index is 0.416. The molecule has 0 aliphatic rings. The number of methoxy groups -OCH3 is 2. The molecular weight excluding hydrogens is 442 g/mol. The fourth-order valence-corrected chi connectivity index (χ4v) is 3.28. The minimum atomic E-state index is 0.416. The molecule has 0 aliphatic carbocycles. The molecule has 0 bridgehead atoms. The Bertz CT molecular complexity index is 914. The third-order valence-electron chi connectivity index (χ3n) is 4.24. The summed E-state index contributed by atoms with van der Waals surface area (Å²) in [5.41, 5.74) is 2.99. The van der Waals surface area contributed by atoms with Crippen molar-refractivity contribution >= 4 is 33.2 Å². The molecule has 4 nitrogen and oxygen atoms in total. The van der Waals surface area contributed by atoms with Crippen molar-refractivity contribution in [3.8, 4) is 17.2 Å². The van der Waals surface area contributed by atoms with Gasteiger partial charge >= 0.3 is 0 Å². The van der Waals surface area contributed by atoms with Crippen LogP contribution in [0, 0.1) is 0 Å². The van der Waals surface area contributed by atoms with E-state index in [2.05, 4.69) is 21.2 Å². The van der Waals surface area contributed by atoms with Gasteiger partial charge in [0, 0.05) is 27.3 Å². The third-order valence-corrected chi connectivity index (χ3v) is 5.24. The fraction of sp³-hybridized carbons (Fsp3) is 0.182. The molecule has 3 aromatic rings. The van der Waals surface area contributed by atoms with Crippen molar-refractivity contribution in [1.29, 1.82) is 0 Å². The maximum Gasteiger partial charge on any atom is 0.167 e. The second-order valence-corrected chi connectivity index (χ2v) is 7.35. The molecule has 0 unspecified atom stereocenters. The van der Waals surface area contributed by atoms with Crippen LogP contribution in [0.4, 0.5) is 5.69 Å². The van der Waals surface area contributed by atoms with Crippen LogP contribution in [0.15, 0.2) is 65.1 Å². The zero-order valence-corrected chi connectivity index (χ0v) is 18.0. The van der Waals surface area contributed by atoms with Crippen molar-refractivity contribution in [2.24, 2.45) is 0 Å². The molecule has 1 N–H and O–H groups in total. The molecule has 0 saturated carbocycles. The Kier molecular flexibility index (Phi) is 7.06. The van der Waals surface area contributed by atoms with E-state index in [9.17, 15) is 0 Å². The fourth-order valence-electron chi connectivity index (χ4n) is 2.70. The highest BCUT2D eigenvalue weighted by atomic mass is 79.9. The lowest BCUT2D eigenvalue weighted by molar-refractivity contribution is 0.281. The molecule has 0 heterocycles. The van der Waals surface area contributed by atoms with Gasteiger partial charge in [-0.25, -0.2) is 0 Å². The highest BCUT2D eigenvalue weighted by Crippen LogP contribution is 2.37. The molecule has 0 spiro atoms. The van der Waals surface area contributed by atoms with E-state index in [1.807, 2.05) is 60.7 Å². The Labute approximate surface area is 178 Å². The van der Waals surface area contributed by atoms with Crippen LogP contribution in [0.25, 0.3) is 0 Å². The van der Waals surface area contributed by atoms with Crippen LogP contribution in [0.5, 0.6) is 17.2 Å². The number of rotatable bonds is 8. The summed E-state index contributed by atoms with van der Waals surface area (Å²) in [5, 5.41) is 4.11. The molecule has 0 aromatic heterocycles. The maximum atomic E-state index is 6.13. The summed E-state index contributed by atoms with van der Waals surface area (Å²) < 4.78 is 17.8. The van der Waals surface area contributed by atoms with Gasteiger partial charge in [0.2, 0.25) is 0 Å². The lowest BCUT2D eigenvalue weighted by Crippen LogP contribution is -2.06. The molecule has 0 atom stereocenters. The number of benzene rings is 3. The standard InChI is InChI=1S/C22H21BrClNO3/c1-26-18-9-7-17(8-10-18)25-13-19-20(23)11-12-21(27-2)22(19)28-14-15-3-5-16(24)6-4-15/h3-12,25H,13-14H2,1-2H3. The highest BCUT2D eigenvalue weighted by Gasteiger charge is 2.15. The first kappa shape index (κ1) is 20.4. The molecule has 0 radical (unpaired) electrons. The van der Waals surface area contributed by atoms with E-state index in [0.717, 1.165) is 27.0 Å². The number of ether oxygens (including phenoxy) is 3. The Hall–Kier alpha value is -2.37. The molecule has 3 aromatic carbocycles. The normalized spacial score (nSPS) is 10.4. The van der Waals surface area contributed by atoms with Gasteiger partial charge in [-0.3, -0.25) is 0 Å². The quantitative estimate of drug-likeness (QED) is 0.426. The van der Waals surface area contributed by atoms with Gasteiger partial charge < -0.3 is 19.5 Å². The molecule has 3 rings (SSSR count). The molecule has 146 valence electrons. The van der Waals surface area contributed by atoms with Crippen molar-refractivity contribution in [3.05, 3.63) is 81.3 Å². The number of nitrogens with one attached hydrogen (secondary N) is 1. The zero-order chi connectivity index (χ0) is 19.9. The first-order chi connectivity index (χ1) is 13.6. The number of anilines is 1. The van der Waals surface area contributed by atoms with E-state index in [1.165, 1.54) is 0 Å². The average molecular weight is 463 g/mol. The summed E-state index contributed by atoms with van der Waals surface area (Å²) in [6, 6.07) is 19.2. The van der Waals surface area contributed by atoms with Crippen LogP contribution in [0.1, 0.15) is 11.1 Å². The lowest BCUT2D eigenvalue weighted by atomic mass is 10.1. The van der Waals surface area contributed by atoms with Crippen molar-refractivity contribution in [3.63, 3.8) is 0 Å². The van der Waals surface area contributed by atoms with Gasteiger partial charge in [0.15, 0.2) is 11.5 Å². The van der Waals surface area contributed by atoms with Crippen molar-refractivity contribution < 1.29 is 14.2 Å². The second kappa shape index (κ2) is 9.71. The molecule has 0 aliphatic heterocycles. The van der Waals surface area contributed by atoms with E-state index < -0.39 is 0 Å². The van der Waals surface area contributed by atoms with E-state index in [4.69, 9.17) is 25.8 Å². The van der Waals surface area contributed by atoms with Crippen LogP contribution in [-0.4, -0.2) is 14.2 Å². The first-order valence-corrected chi connectivity index (χ1v) is 9.88. The predicted octanol–water partition coefficient (Wildman–Crippen LogP) is 6.31. The van der Waals surface area contributed by atoms with Crippen molar-refractivity contribution in [2.45, 2.75) is 13.2 Å². The molecule has 28 heavy (non-hydrogen) atoms. The second-order valence-electron chi connectivity index (χ2n) is 6.05. The van der Waals surface area contributed by atoms with Gasteiger partial charge in [0.25, 0.3) is 0 Å². The lowest BCUT2D eigenvalue weighted by Gasteiger charge is -2.18. The monoisotopic (exact) mass is 461 g/mol. The van der Waals surface area contributed by atoms with Gasteiger partial charge in [0.05, 0.1) is 14.2 Å². The summed E-state index contributed by atoms with van der Waals surface area (Å²) in [7, 11) is 3.29. The summed E-state index contributed by atoms with van der Waals surface area (Å²) in [6.45, 7) is 0.986. The van der Waals surface area contributed by atoms with E-state index in [1.54, 1.807) is 14.2 Å². The molecular formula is C22H21BrClNO3.